The van der Waals surface area contributed by atoms with E-state index in [1.54, 1.807) is 0 Å². The van der Waals surface area contributed by atoms with Crippen LogP contribution in [0, 0.1) is 5.92 Å². The van der Waals surface area contributed by atoms with Crippen LogP contribution in [0.25, 0.3) is 0 Å². The van der Waals surface area contributed by atoms with Crippen molar-refractivity contribution in [3.63, 3.8) is 0 Å². The van der Waals surface area contributed by atoms with E-state index in [2.05, 4.69) is 45.0 Å². The standard InChI is InChI=1S/C12H26N2/c1-10(2)11(3)14(5)9-12(4)7-6-8-13-12/h10-11,13H,6-9H2,1-5H3. The SMILES string of the molecule is CC(C)C(C)N(C)CC1(C)CCCN1. The average Bonchev–Trinajstić information content (AvgIpc) is 2.50. The number of likely N-dealkylation sites (N-methyl/N-ethyl adjacent to an activating group) is 1. The summed E-state index contributed by atoms with van der Waals surface area (Å²) >= 11 is 0. The van der Waals surface area contributed by atoms with Gasteiger partial charge in [-0.15, -0.1) is 0 Å². The molecule has 0 amide bonds. The summed E-state index contributed by atoms with van der Waals surface area (Å²) in [7, 11) is 2.25. The van der Waals surface area contributed by atoms with Gasteiger partial charge in [-0.1, -0.05) is 13.8 Å². The van der Waals surface area contributed by atoms with E-state index in [-0.39, 0.29) is 0 Å². The van der Waals surface area contributed by atoms with Crippen LogP contribution in [0.2, 0.25) is 0 Å². The lowest BCUT2D eigenvalue weighted by Crippen LogP contribution is -2.49. The molecule has 0 radical (unpaired) electrons. The highest BCUT2D eigenvalue weighted by Gasteiger charge is 2.30. The predicted molar refractivity (Wildman–Crippen MR) is 62.6 cm³/mol. The van der Waals surface area contributed by atoms with Crippen LogP contribution in [0.4, 0.5) is 0 Å². The van der Waals surface area contributed by atoms with Crippen molar-refractivity contribution in [1.82, 2.24) is 10.2 Å². The van der Waals surface area contributed by atoms with Gasteiger partial charge < -0.3 is 10.2 Å². The zero-order valence-corrected chi connectivity index (χ0v) is 10.4. The molecule has 1 fully saturated rings. The van der Waals surface area contributed by atoms with Crippen molar-refractivity contribution < 1.29 is 0 Å². The lowest BCUT2D eigenvalue weighted by molar-refractivity contribution is 0.161. The fraction of sp³-hybridized carbons (Fsp3) is 1.00. The molecule has 1 heterocycles. The molecule has 0 spiro atoms. The fourth-order valence-electron chi connectivity index (χ4n) is 2.30. The molecule has 0 aromatic carbocycles. The van der Waals surface area contributed by atoms with Gasteiger partial charge in [0.25, 0.3) is 0 Å². The van der Waals surface area contributed by atoms with Crippen LogP contribution in [0.15, 0.2) is 0 Å². The van der Waals surface area contributed by atoms with Crippen LogP contribution in [0.3, 0.4) is 0 Å². The van der Waals surface area contributed by atoms with E-state index < -0.39 is 0 Å². The van der Waals surface area contributed by atoms with Gasteiger partial charge in [0.1, 0.15) is 0 Å². The minimum absolute atomic E-state index is 0.359. The highest BCUT2D eigenvalue weighted by atomic mass is 15.2. The Kier molecular flexibility index (Phi) is 3.96. The Labute approximate surface area is 89.1 Å². The second-order valence-corrected chi connectivity index (χ2v) is 5.49. The smallest absolute Gasteiger partial charge is 0.0280 e. The van der Waals surface area contributed by atoms with Crippen LogP contribution < -0.4 is 5.32 Å². The molecule has 2 heteroatoms. The number of rotatable bonds is 4. The topological polar surface area (TPSA) is 15.3 Å². The summed E-state index contributed by atoms with van der Waals surface area (Å²) in [5.74, 6) is 0.741. The third-order valence-electron chi connectivity index (χ3n) is 3.72. The van der Waals surface area contributed by atoms with Crippen molar-refractivity contribution in [3.8, 4) is 0 Å². The molecular formula is C12H26N2. The number of hydrogen-bond donors (Lipinski definition) is 1. The van der Waals surface area contributed by atoms with Crippen LogP contribution in [-0.2, 0) is 0 Å². The monoisotopic (exact) mass is 198 g/mol. The highest BCUT2D eigenvalue weighted by Crippen LogP contribution is 2.21. The Bertz CT molecular complexity index is 171. The van der Waals surface area contributed by atoms with Gasteiger partial charge in [0, 0.05) is 18.1 Å². The molecule has 84 valence electrons. The third kappa shape index (κ3) is 2.96. The van der Waals surface area contributed by atoms with Crippen LogP contribution >= 0.6 is 0 Å². The lowest BCUT2D eigenvalue weighted by atomic mass is 9.97. The quantitative estimate of drug-likeness (QED) is 0.744. The first-order valence-electron chi connectivity index (χ1n) is 5.90. The summed E-state index contributed by atoms with van der Waals surface area (Å²) in [4.78, 5) is 2.49. The third-order valence-corrected chi connectivity index (χ3v) is 3.72. The van der Waals surface area contributed by atoms with Crippen molar-refractivity contribution >= 4 is 0 Å². The predicted octanol–water partition coefficient (Wildman–Crippen LogP) is 2.10. The first kappa shape index (κ1) is 12.0. The number of hydrogen-bond acceptors (Lipinski definition) is 2. The summed E-state index contributed by atoms with van der Waals surface area (Å²) in [6.07, 6.45) is 2.66. The Morgan fingerprint density at radius 1 is 1.36 bits per heavy atom. The van der Waals surface area contributed by atoms with E-state index in [1.165, 1.54) is 25.9 Å². The van der Waals surface area contributed by atoms with Crippen molar-refractivity contribution in [1.29, 1.82) is 0 Å². The van der Waals surface area contributed by atoms with Gasteiger partial charge in [-0.3, -0.25) is 0 Å². The first-order chi connectivity index (χ1) is 6.44. The van der Waals surface area contributed by atoms with E-state index in [9.17, 15) is 0 Å². The number of nitrogens with one attached hydrogen (secondary N) is 1. The molecule has 0 aromatic heterocycles. The van der Waals surface area contributed by atoms with Crippen LogP contribution in [0.1, 0.15) is 40.5 Å². The molecule has 0 aliphatic carbocycles. The minimum Gasteiger partial charge on any atom is -0.310 e. The Morgan fingerprint density at radius 2 is 2.00 bits per heavy atom. The molecule has 1 saturated heterocycles. The van der Waals surface area contributed by atoms with Gasteiger partial charge >= 0.3 is 0 Å². The largest absolute Gasteiger partial charge is 0.310 e. The summed E-state index contributed by atoms with van der Waals surface area (Å²) in [5, 5.41) is 3.62. The van der Waals surface area contributed by atoms with Gasteiger partial charge in [0.05, 0.1) is 0 Å². The van der Waals surface area contributed by atoms with Gasteiger partial charge in [-0.05, 0) is 46.2 Å². The van der Waals surface area contributed by atoms with Crippen LogP contribution in [0.5, 0.6) is 0 Å². The van der Waals surface area contributed by atoms with Gasteiger partial charge in [-0.2, -0.15) is 0 Å². The molecule has 0 bridgehead atoms. The molecule has 1 N–H and O–H groups in total. The van der Waals surface area contributed by atoms with Gasteiger partial charge in [0.15, 0.2) is 0 Å². The van der Waals surface area contributed by atoms with Gasteiger partial charge in [-0.25, -0.2) is 0 Å². The fourth-order valence-corrected chi connectivity index (χ4v) is 2.30. The Hall–Kier alpha value is -0.0800. The maximum absolute atomic E-state index is 3.62. The van der Waals surface area contributed by atoms with E-state index >= 15 is 0 Å². The van der Waals surface area contributed by atoms with Crippen molar-refractivity contribution in [2.24, 2.45) is 5.92 Å². The molecule has 0 aromatic rings. The Balaban J connectivity index is 2.42. The van der Waals surface area contributed by atoms with Crippen LogP contribution in [-0.4, -0.2) is 36.6 Å². The molecule has 1 aliphatic rings. The summed E-state index contributed by atoms with van der Waals surface area (Å²) < 4.78 is 0. The first-order valence-corrected chi connectivity index (χ1v) is 5.90. The Morgan fingerprint density at radius 3 is 2.43 bits per heavy atom. The molecule has 1 aliphatic heterocycles. The zero-order chi connectivity index (χ0) is 10.8. The van der Waals surface area contributed by atoms with E-state index in [1.807, 2.05) is 0 Å². The molecular weight excluding hydrogens is 172 g/mol. The van der Waals surface area contributed by atoms with E-state index in [0.29, 0.717) is 11.6 Å². The maximum atomic E-state index is 3.62. The maximum Gasteiger partial charge on any atom is 0.0280 e. The normalized spacial score (nSPS) is 30.2. The minimum atomic E-state index is 0.359. The molecule has 14 heavy (non-hydrogen) atoms. The number of nitrogens with zero attached hydrogens (tertiary/aromatic N) is 1. The molecule has 0 saturated carbocycles. The highest BCUT2D eigenvalue weighted by molar-refractivity contribution is 4.91. The van der Waals surface area contributed by atoms with E-state index in [0.717, 1.165) is 5.92 Å². The molecule has 2 nitrogen and oxygen atoms in total. The lowest BCUT2D eigenvalue weighted by Gasteiger charge is -2.35. The average molecular weight is 198 g/mol. The van der Waals surface area contributed by atoms with Gasteiger partial charge in [0.2, 0.25) is 0 Å². The van der Waals surface area contributed by atoms with Crippen molar-refractivity contribution in [3.05, 3.63) is 0 Å². The van der Waals surface area contributed by atoms with Crippen molar-refractivity contribution in [2.75, 3.05) is 20.1 Å². The second-order valence-electron chi connectivity index (χ2n) is 5.49. The second kappa shape index (κ2) is 4.63. The summed E-state index contributed by atoms with van der Waals surface area (Å²) in [5.41, 5.74) is 0.359. The molecule has 2 unspecified atom stereocenters. The molecule has 2 atom stereocenters. The molecule has 1 rings (SSSR count). The van der Waals surface area contributed by atoms with Crippen molar-refractivity contribution in [2.45, 2.75) is 52.1 Å². The van der Waals surface area contributed by atoms with E-state index in [4.69, 9.17) is 0 Å². The zero-order valence-electron chi connectivity index (χ0n) is 10.4. The summed E-state index contributed by atoms with van der Waals surface area (Å²) in [6, 6.07) is 0.675. The summed E-state index contributed by atoms with van der Waals surface area (Å²) in [6.45, 7) is 11.6.